The van der Waals surface area contributed by atoms with Gasteiger partial charge in [0.25, 0.3) is 0 Å². The predicted molar refractivity (Wildman–Crippen MR) is 84.5 cm³/mol. The Hall–Kier alpha value is -1.10. The smallest absolute Gasteiger partial charge is 0.142 e. The largest absolute Gasteiger partial charge is 0.305 e. The Morgan fingerprint density at radius 1 is 1.29 bits per heavy atom. The van der Waals surface area contributed by atoms with E-state index in [1.54, 1.807) is 18.3 Å². The van der Waals surface area contributed by atoms with E-state index < -0.39 is 5.82 Å². The van der Waals surface area contributed by atoms with Crippen molar-refractivity contribution in [1.29, 1.82) is 0 Å². The fourth-order valence-corrected chi connectivity index (χ4v) is 2.69. The van der Waals surface area contributed by atoms with Crippen LogP contribution in [-0.4, -0.2) is 16.3 Å². The lowest BCUT2D eigenvalue weighted by Gasteiger charge is -2.21. The third-order valence-corrected chi connectivity index (χ3v) is 3.83. The van der Waals surface area contributed by atoms with E-state index >= 15 is 0 Å². The summed E-state index contributed by atoms with van der Waals surface area (Å²) in [7, 11) is 0. The first-order valence-corrected chi connectivity index (χ1v) is 7.73. The minimum atomic E-state index is -0.435. The second-order valence-corrected chi connectivity index (χ2v) is 5.58. The fourth-order valence-electron chi connectivity index (χ4n) is 2.32. The van der Waals surface area contributed by atoms with Crippen molar-refractivity contribution in [2.24, 2.45) is 0 Å². The molecule has 1 N–H and O–H groups in total. The Labute approximate surface area is 134 Å². The van der Waals surface area contributed by atoms with Crippen molar-refractivity contribution in [3.05, 3.63) is 51.5 Å². The molecule has 0 radical (unpaired) electrons. The van der Waals surface area contributed by atoms with Crippen LogP contribution in [0.1, 0.15) is 37.6 Å². The average Bonchev–Trinajstić information content (AvgIpc) is 2.81. The highest BCUT2D eigenvalue weighted by Gasteiger charge is 2.22. The molecule has 3 nitrogen and oxygen atoms in total. The van der Waals surface area contributed by atoms with E-state index in [-0.39, 0.29) is 11.1 Å². The molecule has 1 heterocycles. The normalized spacial score (nSPS) is 12.6. The Kier molecular flexibility index (Phi) is 5.62. The standard InChI is InChI=1S/C15H18Cl2FN3/c1-3-7-21-15(12(17)9-20-21)14(19-4-2)10-5-6-11(16)13(18)8-10/h5-6,8-9,14,19H,3-4,7H2,1-2H3. The van der Waals surface area contributed by atoms with Crippen LogP contribution in [-0.2, 0) is 6.54 Å². The maximum absolute atomic E-state index is 13.8. The van der Waals surface area contributed by atoms with Gasteiger partial charge in [0.05, 0.1) is 28.0 Å². The van der Waals surface area contributed by atoms with E-state index in [1.165, 1.54) is 6.07 Å². The van der Waals surface area contributed by atoms with Crippen LogP contribution in [0, 0.1) is 5.82 Å². The summed E-state index contributed by atoms with van der Waals surface area (Å²) in [6.45, 7) is 5.56. The Balaban J connectivity index is 2.47. The third-order valence-electron chi connectivity index (χ3n) is 3.23. The molecule has 0 bridgehead atoms. The summed E-state index contributed by atoms with van der Waals surface area (Å²) >= 11 is 12.0. The number of benzene rings is 1. The second kappa shape index (κ2) is 7.25. The summed E-state index contributed by atoms with van der Waals surface area (Å²) in [5, 5.41) is 8.32. The Morgan fingerprint density at radius 3 is 2.67 bits per heavy atom. The van der Waals surface area contributed by atoms with Gasteiger partial charge in [-0.05, 0) is 30.7 Å². The maximum Gasteiger partial charge on any atom is 0.142 e. The molecule has 1 aromatic carbocycles. The highest BCUT2D eigenvalue weighted by atomic mass is 35.5. The molecular formula is C15H18Cl2FN3. The molecule has 0 saturated heterocycles. The number of nitrogens with one attached hydrogen (secondary N) is 1. The molecule has 0 aliphatic carbocycles. The summed E-state index contributed by atoms with van der Waals surface area (Å²) < 4.78 is 15.6. The fraction of sp³-hybridized carbons (Fsp3) is 0.400. The summed E-state index contributed by atoms with van der Waals surface area (Å²) in [5.74, 6) is -0.435. The van der Waals surface area contributed by atoms with Gasteiger partial charge < -0.3 is 5.32 Å². The van der Waals surface area contributed by atoms with Gasteiger partial charge in [0.1, 0.15) is 5.82 Å². The zero-order valence-electron chi connectivity index (χ0n) is 12.0. The summed E-state index contributed by atoms with van der Waals surface area (Å²) in [6, 6.07) is 4.59. The Bertz CT molecular complexity index is 613. The van der Waals surface area contributed by atoms with Crippen molar-refractivity contribution < 1.29 is 4.39 Å². The molecule has 6 heteroatoms. The molecule has 0 fully saturated rings. The molecule has 1 atom stereocenters. The quantitative estimate of drug-likeness (QED) is 0.849. The van der Waals surface area contributed by atoms with Gasteiger partial charge in [-0.1, -0.05) is 43.1 Å². The van der Waals surface area contributed by atoms with Gasteiger partial charge >= 0.3 is 0 Å². The van der Waals surface area contributed by atoms with E-state index in [1.807, 2.05) is 11.6 Å². The molecule has 2 rings (SSSR count). The zero-order valence-corrected chi connectivity index (χ0v) is 13.5. The van der Waals surface area contributed by atoms with Crippen LogP contribution in [0.3, 0.4) is 0 Å². The lowest BCUT2D eigenvalue weighted by molar-refractivity contribution is 0.518. The molecule has 0 amide bonds. The van der Waals surface area contributed by atoms with Crippen LogP contribution in [0.15, 0.2) is 24.4 Å². The van der Waals surface area contributed by atoms with Crippen LogP contribution in [0.2, 0.25) is 10.0 Å². The van der Waals surface area contributed by atoms with Gasteiger partial charge in [0.2, 0.25) is 0 Å². The van der Waals surface area contributed by atoms with Gasteiger partial charge in [0.15, 0.2) is 0 Å². The highest BCUT2D eigenvalue weighted by molar-refractivity contribution is 6.31. The van der Waals surface area contributed by atoms with E-state index in [0.29, 0.717) is 5.02 Å². The van der Waals surface area contributed by atoms with Gasteiger partial charge in [-0.3, -0.25) is 4.68 Å². The number of aryl methyl sites for hydroxylation is 1. The van der Waals surface area contributed by atoms with Gasteiger partial charge in [-0.2, -0.15) is 5.10 Å². The first-order valence-electron chi connectivity index (χ1n) is 6.98. The van der Waals surface area contributed by atoms with Crippen LogP contribution < -0.4 is 5.32 Å². The number of halogens is 3. The molecule has 2 aromatic rings. The van der Waals surface area contributed by atoms with Crippen molar-refractivity contribution in [2.75, 3.05) is 6.54 Å². The lowest BCUT2D eigenvalue weighted by Crippen LogP contribution is -2.25. The number of rotatable bonds is 6. The van der Waals surface area contributed by atoms with Crippen molar-refractivity contribution in [3.63, 3.8) is 0 Å². The number of hydrogen-bond donors (Lipinski definition) is 1. The first-order chi connectivity index (χ1) is 10.1. The van der Waals surface area contributed by atoms with Crippen molar-refractivity contribution in [2.45, 2.75) is 32.9 Å². The minimum Gasteiger partial charge on any atom is -0.305 e. The maximum atomic E-state index is 13.8. The molecule has 1 aromatic heterocycles. The first kappa shape index (κ1) is 16.3. The molecule has 114 valence electrons. The van der Waals surface area contributed by atoms with Crippen molar-refractivity contribution in [3.8, 4) is 0 Å². The molecule has 21 heavy (non-hydrogen) atoms. The SMILES string of the molecule is CCCn1ncc(Cl)c1C(NCC)c1ccc(Cl)c(F)c1. The molecule has 0 aliphatic rings. The monoisotopic (exact) mass is 329 g/mol. The molecule has 1 unspecified atom stereocenters. The summed E-state index contributed by atoms with van der Waals surface area (Å²) in [4.78, 5) is 0. The second-order valence-electron chi connectivity index (χ2n) is 4.77. The highest BCUT2D eigenvalue weighted by Crippen LogP contribution is 2.30. The minimum absolute atomic E-state index is 0.113. The number of aromatic nitrogens is 2. The molecule has 0 aliphatic heterocycles. The van der Waals surface area contributed by atoms with E-state index in [0.717, 1.165) is 30.8 Å². The molecule has 0 saturated carbocycles. The van der Waals surface area contributed by atoms with Crippen LogP contribution in [0.4, 0.5) is 4.39 Å². The topological polar surface area (TPSA) is 29.9 Å². The van der Waals surface area contributed by atoms with Crippen LogP contribution in [0.25, 0.3) is 0 Å². The molecular weight excluding hydrogens is 312 g/mol. The van der Waals surface area contributed by atoms with Gasteiger partial charge in [-0.25, -0.2) is 4.39 Å². The molecule has 0 spiro atoms. The van der Waals surface area contributed by atoms with Crippen molar-refractivity contribution >= 4 is 23.2 Å². The zero-order chi connectivity index (χ0) is 15.4. The summed E-state index contributed by atoms with van der Waals surface area (Å²) in [5.41, 5.74) is 1.63. The third kappa shape index (κ3) is 3.57. The van der Waals surface area contributed by atoms with E-state index in [4.69, 9.17) is 23.2 Å². The van der Waals surface area contributed by atoms with Gasteiger partial charge in [0, 0.05) is 6.54 Å². The summed E-state index contributed by atoms with van der Waals surface area (Å²) in [6.07, 6.45) is 2.57. The van der Waals surface area contributed by atoms with Crippen LogP contribution in [0.5, 0.6) is 0 Å². The number of nitrogens with zero attached hydrogens (tertiary/aromatic N) is 2. The lowest BCUT2D eigenvalue weighted by atomic mass is 10.0. The predicted octanol–water partition coefficient (Wildman–Crippen LogP) is 4.44. The average molecular weight is 330 g/mol. The Morgan fingerprint density at radius 2 is 2.05 bits per heavy atom. The van der Waals surface area contributed by atoms with E-state index in [2.05, 4.69) is 17.3 Å². The van der Waals surface area contributed by atoms with Crippen molar-refractivity contribution in [1.82, 2.24) is 15.1 Å². The van der Waals surface area contributed by atoms with Gasteiger partial charge in [-0.15, -0.1) is 0 Å². The van der Waals surface area contributed by atoms with Crippen LogP contribution >= 0.6 is 23.2 Å². The van der Waals surface area contributed by atoms with E-state index in [9.17, 15) is 4.39 Å². The number of hydrogen-bond acceptors (Lipinski definition) is 2.